The van der Waals surface area contributed by atoms with Crippen LogP contribution in [0.3, 0.4) is 0 Å². The zero-order valence-electron chi connectivity index (χ0n) is 17.1. The van der Waals surface area contributed by atoms with Crippen molar-refractivity contribution in [2.75, 3.05) is 0 Å². The lowest BCUT2D eigenvalue weighted by atomic mass is 10.1. The fourth-order valence-corrected chi connectivity index (χ4v) is 6.30. The molecule has 0 atom stereocenters. The molecule has 0 radical (unpaired) electrons. The summed E-state index contributed by atoms with van der Waals surface area (Å²) in [6.45, 7) is 1.82. The topological polar surface area (TPSA) is 63.1 Å². The molecular formula is C22H16F4N2O2S3. The number of alkyl halides is 3. The molecule has 4 aromatic rings. The average molecular weight is 513 g/mol. The van der Waals surface area contributed by atoms with E-state index >= 15 is 0 Å². The molecule has 2 heterocycles. The molecule has 0 amide bonds. The number of thiazole rings is 2. The lowest BCUT2D eigenvalue weighted by molar-refractivity contribution is -0.140. The van der Waals surface area contributed by atoms with Crippen LogP contribution >= 0.6 is 34.4 Å². The molecule has 172 valence electrons. The van der Waals surface area contributed by atoms with E-state index in [0.717, 1.165) is 42.8 Å². The Bertz CT molecular complexity index is 1330. The van der Waals surface area contributed by atoms with E-state index in [1.165, 1.54) is 28.7 Å². The summed E-state index contributed by atoms with van der Waals surface area (Å²) in [4.78, 5) is 21.6. The predicted octanol–water partition coefficient (Wildman–Crippen LogP) is 7.20. The van der Waals surface area contributed by atoms with Crippen LogP contribution in [-0.2, 0) is 23.1 Å². The Morgan fingerprint density at radius 2 is 1.91 bits per heavy atom. The number of fused-ring (bicyclic) bond motifs is 1. The number of carboxylic acids is 1. The van der Waals surface area contributed by atoms with Crippen molar-refractivity contribution < 1.29 is 27.5 Å². The second-order valence-electron chi connectivity index (χ2n) is 7.14. The van der Waals surface area contributed by atoms with Gasteiger partial charge in [0.15, 0.2) is 0 Å². The van der Waals surface area contributed by atoms with Gasteiger partial charge < -0.3 is 5.11 Å². The number of benzene rings is 2. The highest BCUT2D eigenvalue weighted by Crippen LogP contribution is 2.37. The maximum absolute atomic E-state index is 13.9. The molecule has 0 aliphatic heterocycles. The molecule has 0 aliphatic rings. The van der Waals surface area contributed by atoms with Gasteiger partial charge in [0.05, 0.1) is 32.9 Å². The number of aryl methyl sites for hydroxylation is 2. The zero-order chi connectivity index (χ0) is 23.8. The summed E-state index contributed by atoms with van der Waals surface area (Å²) in [6, 6.07) is 8.69. The van der Waals surface area contributed by atoms with Crippen molar-refractivity contribution in [1.82, 2.24) is 9.97 Å². The van der Waals surface area contributed by atoms with E-state index in [1.54, 1.807) is 11.8 Å². The molecule has 2 aromatic heterocycles. The fourth-order valence-electron chi connectivity index (χ4n) is 3.08. The number of halogens is 4. The Labute approximate surface area is 198 Å². The number of carboxylic acid groups (broad SMARTS) is 1. The summed E-state index contributed by atoms with van der Waals surface area (Å²) >= 11 is 4.38. The highest BCUT2D eigenvalue weighted by Gasteiger charge is 2.34. The number of thioether (sulfide) groups is 1. The number of carbonyl (C=O) groups is 1. The number of hydrogen-bond donors (Lipinski definition) is 1. The van der Waals surface area contributed by atoms with Crippen LogP contribution < -0.4 is 0 Å². The van der Waals surface area contributed by atoms with Gasteiger partial charge in [-0.1, -0.05) is 6.07 Å². The van der Waals surface area contributed by atoms with Gasteiger partial charge in [-0.25, -0.2) is 14.4 Å². The first-order chi connectivity index (χ1) is 15.6. The number of hydrogen-bond acceptors (Lipinski definition) is 6. The molecule has 0 aliphatic carbocycles. The quantitative estimate of drug-likeness (QED) is 0.210. The molecule has 1 N–H and O–H groups in total. The summed E-state index contributed by atoms with van der Waals surface area (Å²) in [6.07, 6.45) is -4.30. The van der Waals surface area contributed by atoms with Crippen LogP contribution in [-0.4, -0.2) is 21.0 Å². The third kappa shape index (κ3) is 5.53. The Morgan fingerprint density at radius 3 is 2.61 bits per heavy atom. The molecule has 4 rings (SSSR count). The Balaban J connectivity index is 1.48. The van der Waals surface area contributed by atoms with E-state index in [4.69, 9.17) is 5.11 Å². The normalized spacial score (nSPS) is 11.9. The smallest absolute Gasteiger partial charge is 0.419 e. The third-order valence-electron chi connectivity index (χ3n) is 4.74. The number of aromatic nitrogens is 2. The Morgan fingerprint density at radius 1 is 1.12 bits per heavy atom. The molecule has 0 saturated carbocycles. The van der Waals surface area contributed by atoms with Crippen molar-refractivity contribution in [1.29, 1.82) is 0 Å². The van der Waals surface area contributed by atoms with E-state index in [-0.39, 0.29) is 6.42 Å². The van der Waals surface area contributed by atoms with Crippen molar-refractivity contribution in [2.24, 2.45) is 0 Å². The van der Waals surface area contributed by atoms with Crippen LogP contribution in [0.2, 0.25) is 0 Å². The van der Waals surface area contributed by atoms with Crippen molar-refractivity contribution >= 4 is 50.6 Å². The van der Waals surface area contributed by atoms with Gasteiger partial charge in [-0.3, -0.25) is 4.79 Å². The predicted molar refractivity (Wildman–Crippen MR) is 122 cm³/mol. The van der Waals surface area contributed by atoms with Crippen LogP contribution in [0.1, 0.15) is 27.6 Å². The molecule has 0 unspecified atom stereocenters. The molecule has 0 saturated heterocycles. The van der Waals surface area contributed by atoms with Gasteiger partial charge in [0.2, 0.25) is 0 Å². The number of aliphatic carboxylic acids is 1. The van der Waals surface area contributed by atoms with Crippen molar-refractivity contribution in [3.8, 4) is 10.6 Å². The van der Waals surface area contributed by atoms with E-state index in [2.05, 4.69) is 9.97 Å². The first-order valence-corrected chi connectivity index (χ1v) is 12.3. The van der Waals surface area contributed by atoms with E-state index in [1.807, 2.05) is 25.1 Å². The van der Waals surface area contributed by atoms with Crippen molar-refractivity contribution in [3.05, 3.63) is 63.4 Å². The Kier molecular flexibility index (Phi) is 6.73. The molecular weight excluding hydrogens is 496 g/mol. The maximum Gasteiger partial charge on any atom is 0.419 e. The molecule has 33 heavy (non-hydrogen) atoms. The minimum absolute atomic E-state index is 0.0389. The van der Waals surface area contributed by atoms with E-state index in [9.17, 15) is 22.4 Å². The minimum Gasteiger partial charge on any atom is -0.481 e. The van der Waals surface area contributed by atoms with E-state index < -0.39 is 23.5 Å². The van der Waals surface area contributed by atoms with Gasteiger partial charge in [-0.05, 0) is 37.3 Å². The molecule has 11 heteroatoms. The van der Waals surface area contributed by atoms with Crippen LogP contribution in [0.5, 0.6) is 0 Å². The summed E-state index contributed by atoms with van der Waals surface area (Å²) in [5, 5.41) is 10.1. The number of rotatable bonds is 7. The molecule has 2 aromatic carbocycles. The molecule has 0 bridgehead atoms. The van der Waals surface area contributed by atoms with Gasteiger partial charge in [0.1, 0.15) is 10.8 Å². The van der Waals surface area contributed by atoms with Crippen LogP contribution in [0.25, 0.3) is 20.8 Å². The summed E-state index contributed by atoms with van der Waals surface area (Å²) < 4.78 is 53.3. The fraction of sp³-hybridized carbons (Fsp3) is 0.227. The lowest BCUT2D eigenvalue weighted by Gasteiger charge is -2.08. The first kappa shape index (κ1) is 23.7. The summed E-state index contributed by atoms with van der Waals surface area (Å²) in [5.74, 6) is -1.57. The minimum atomic E-state index is -4.74. The molecule has 0 fully saturated rings. The average Bonchev–Trinajstić information content (AvgIpc) is 3.32. The third-order valence-corrected chi connectivity index (χ3v) is 8.23. The zero-order valence-corrected chi connectivity index (χ0v) is 19.5. The maximum atomic E-state index is 13.9. The molecule has 0 spiro atoms. The van der Waals surface area contributed by atoms with Gasteiger partial charge in [0, 0.05) is 27.5 Å². The first-order valence-electron chi connectivity index (χ1n) is 9.67. The lowest BCUT2D eigenvalue weighted by Crippen LogP contribution is -2.07. The van der Waals surface area contributed by atoms with Crippen LogP contribution in [0.4, 0.5) is 17.6 Å². The van der Waals surface area contributed by atoms with Gasteiger partial charge in [-0.15, -0.1) is 34.4 Å². The van der Waals surface area contributed by atoms with Crippen LogP contribution in [0.15, 0.2) is 41.3 Å². The SMILES string of the molecule is Cc1nc(-c2ccc(C(F)(F)F)c(F)c2)sc1CSc1ccc2nc(CCC(=O)O)sc2c1. The van der Waals surface area contributed by atoms with Gasteiger partial charge >= 0.3 is 12.1 Å². The standard InChI is InChI=1S/C22H16F4N2O2S3/c1-11-18(33-21(27-11)12-2-4-14(15(23)8-12)22(24,25)26)10-31-13-3-5-16-17(9-13)32-19(28-16)6-7-20(29)30/h2-5,8-9H,6-7,10H2,1H3,(H,29,30). The largest absolute Gasteiger partial charge is 0.481 e. The summed E-state index contributed by atoms with van der Waals surface area (Å²) in [5.41, 5.74) is 0.590. The highest BCUT2D eigenvalue weighted by atomic mass is 32.2. The van der Waals surface area contributed by atoms with Crippen molar-refractivity contribution in [3.63, 3.8) is 0 Å². The van der Waals surface area contributed by atoms with Gasteiger partial charge in [0.25, 0.3) is 0 Å². The monoisotopic (exact) mass is 512 g/mol. The molecule has 4 nitrogen and oxygen atoms in total. The highest BCUT2D eigenvalue weighted by molar-refractivity contribution is 7.98. The summed E-state index contributed by atoms with van der Waals surface area (Å²) in [7, 11) is 0. The van der Waals surface area contributed by atoms with E-state index in [0.29, 0.717) is 22.7 Å². The van der Waals surface area contributed by atoms with Crippen LogP contribution in [0, 0.1) is 12.7 Å². The van der Waals surface area contributed by atoms with Gasteiger partial charge in [-0.2, -0.15) is 13.2 Å². The van der Waals surface area contributed by atoms with Crippen molar-refractivity contribution in [2.45, 2.75) is 36.6 Å². The second-order valence-corrected chi connectivity index (χ2v) is 10.4. The number of nitrogens with zero attached hydrogens (tertiary/aromatic N) is 2. The second kappa shape index (κ2) is 9.40. The Hall–Kier alpha value is -2.50.